The van der Waals surface area contributed by atoms with Crippen LogP contribution in [-0.2, 0) is 4.74 Å². The van der Waals surface area contributed by atoms with Crippen LogP contribution in [0.25, 0.3) is 0 Å². The van der Waals surface area contributed by atoms with Crippen molar-refractivity contribution in [2.75, 3.05) is 14.2 Å². The second-order valence-corrected chi connectivity index (χ2v) is 2.82. The van der Waals surface area contributed by atoms with Gasteiger partial charge in [0.15, 0.2) is 0 Å². The Labute approximate surface area is 81.4 Å². The topological polar surface area (TPSA) is 35.5 Å². The minimum Gasteiger partial charge on any atom is -0.496 e. The Bertz CT molecular complexity index is 361. The summed E-state index contributed by atoms with van der Waals surface area (Å²) in [7, 11) is 2.57. The molecule has 1 aromatic carbocycles. The highest BCUT2D eigenvalue weighted by atomic mass is 19.1. The summed E-state index contributed by atoms with van der Waals surface area (Å²) < 4.78 is 22.7. The first-order valence-corrected chi connectivity index (χ1v) is 4.02. The number of methoxy groups -OCH3 is 2. The Morgan fingerprint density at radius 3 is 2.50 bits per heavy atom. The van der Waals surface area contributed by atoms with Crippen LogP contribution in [0.5, 0.6) is 5.75 Å². The Hall–Kier alpha value is -1.58. The van der Waals surface area contributed by atoms with E-state index in [0.717, 1.165) is 0 Å². The lowest BCUT2D eigenvalue weighted by Crippen LogP contribution is -2.07. The molecule has 0 N–H and O–H groups in total. The van der Waals surface area contributed by atoms with Crippen molar-refractivity contribution in [3.63, 3.8) is 0 Å². The fraction of sp³-hybridized carbons (Fsp3) is 0.300. The molecule has 0 atom stereocenters. The molecular weight excluding hydrogens is 187 g/mol. The van der Waals surface area contributed by atoms with Gasteiger partial charge >= 0.3 is 5.97 Å². The van der Waals surface area contributed by atoms with Gasteiger partial charge in [0, 0.05) is 0 Å². The average molecular weight is 198 g/mol. The molecule has 0 saturated carbocycles. The molecule has 1 aromatic rings. The van der Waals surface area contributed by atoms with Gasteiger partial charge in [-0.1, -0.05) is 0 Å². The molecule has 1 rings (SSSR count). The van der Waals surface area contributed by atoms with E-state index in [2.05, 4.69) is 4.74 Å². The first-order chi connectivity index (χ1) is 6.60. The third-order valence-corrected chi connectivity index (χ3v) is 1.81. The molecule has 4 heteroatoms. The molecule has 14 heavy (non-hydrogen) atoms. The van der Waals surface area contributed by atoms with Crippen LogP contribution in [-0.4, -0.2) is 20.2 Å². The van der Waals surface area contributed by atoms with Crippen molar-refractivity contribution < 1.29 is 18.7 Å². The number of ether oxygens (including phenoxy) is 2. The zero-order valence-corrected chi connectivity index (χ0v) is 8.26. The maximum absolute atomic E-state index is 13.4. The highest BCUT2D eigenvalue weighted by molar-refractivity contribution is 5.92. The summed E-state index contributed by atoms with van der Waals surface area (Å²) in [4.78, 5) is 11.2. The van der Waals surface area contributed by atoms with E-state index in [0.29, 0.717) is 5.56 Å². The quantitative estimate of drug-likeness (QED) is 0.681. The highest BCUT2D eigenvalue weighted by Gasteiger charge is 2.18. The van der Waals surface area contributed by atoms with E-state index in [4.69, 9.17) is 4.74 Å². The minimum atomic E-state index is -0.737. The molecule has 0 aliphatic rings. The molecule has 76 valence electrons. The zero-order valence-electron chi connectivity index (χ0n) is 8.26. The lowest BCUT2D eigenvalue weighted by atomic mass is 10.1. The number of halogens is 1. The monoisotopic (exact) mass is 198 g/mol. The smallest absolute Gasteiger partial charge is 0.344 e. The van der Waals surface area contributed by atoms with Crippen LogP contribution in [0, 0.1) is 12.7 Å². The zero-order chi connectivity index (χ0) is 10.7. The van der Waals surface area contributed by atoms with Gasteiger partial charge in [-0.2, -0.15) is 0 Å². The van der Waals surface area contributed by atoms with Crippen LogP contribution in [0.3, 0.4) is 0 Å². The van der Waals surface area contributed by atoms with E-state index < -0.39 is 11.8 Å². The number of carbonyl (C=O) groups is 1. The standard InChI is InChI=1S/C10H11FO3/c1-6-4-7(11)9(10(12)14-3)8(5-6)13-2/h4-5H,1-3H3. The van der Waals surface area contributed by atoms with Crippen LogP contribution in [0.1, 0.15) is 15.9 Å². The first kappa shape index (κ1) is 10.5. The van der Waals surface area contributed by atoms with Gasteiger partial charge in [-0.15, -0.1) is 0 Å². The summed E-state index contributed by atoms with van der Waals surface area (Å²) in [5, 5.41) is 0. The van der Waals surface area contributed by atoms with Gasteiger partial charge in [0.05, 0.1) is 14.2 Å². The van der Waals surface area contributed by atoms with Crippen LogP contribution < -0.4 is 4.74 Å². The average Bonchev–Trinajstić information content (AvgIpc) is 2.15. The molecule has 0 unspecified atom stereocenters. The van der Waals surface area contributed by atoms with Crippen molar-refractivity contribution in [2.24, 2.45) is 0 Å². The number of benzene rings is 1. The molecule has 0 fully saturated rings. The normalized spacial score (nSPS) is 9.71. The number of esters is 1. The molecule has 0 saturated heterocycles. The summed E-state index contributed by atoms with van der Waals surface area (Å²) in [6.07, 6.45) is 0. The third-order valence-electron chi connectivity index (χ3n) is 1.81. The Kier molecular flexibility index (Phi) is 3.06. The third kappa shape index (κ3) is 1.84. The van der Waals surface area contributed by atoms with E-state index >= 15 is 0 Å². The largest absolute Gasteiger partial charge is 0.496 e. The van der Waals surface area contributed by atoms with Gasteiger partial charge in [-0.3, -0.25) is 0 Å². The van der Waals surface area contributed by atoms with Gasteiger partial charge in [0.25, 0.3) is 0 Å². The predicted molar refractivity (Wildman–Crippen MR) is 49.0 cm³/mol. The van der Waals surface area contributed by atoms with E-state index in [9.17, 15) is 9.18 Å². The second-order valence-electron chi connectivity index (χ2n) is 2.82. The van der Waals surface area contributed by atoms with Crippen LogP contribution in [0.4, 0.5) is 4.39 Å². The van der Waals surface area contributed by atoms with Gasteiger partial charge in [-0.05, 0) is 24.6 Å². The number of hydrogen-bond acceptors (Lipinski definition) is 3. The van der Waals surface area contributed by atoms with Crippen molar-refractivity contribution in [3.05, 3.63) is 29.1 Å². The maximum atomic E-state index is 13.4. The molecule has 0 aromatic heterocycles. The Balaban J connectivity index is 3.32. The molecule has 3 nitrogen and oxygen atoms in total. The Morgan fingerprint density at radius 1 is 1.36 bits per heavy atom. The number of carbonyl (C=O) groups excluding carboxylic acids is 1. The predicted octanol–water partition coefficient (Wildman–Crippen LogP) is 1.93. The molecule has 0 heterocycles. The molecule has 0 radical (unpaired) electrons. The highest BCUT2D eigenvalue weighted by Crippen LogP contribution is 2.23. The van der Waals surface area contributed by atoms with Crippen molar-refractivity contribution >= 4 is 5.97 Å². The summed E-state index contributed by atoms with van der Waals surface area (Å²) >= 11 is 0. The number of hydrogen-bond donors (Lipinski definition) is 0. The summed E-state index contributed by atoms with van der Waals surface area (Å²) in [6, 6.07) is 2.84. The summed E-state index contributed by atoms with van der Waals surface area (Å²) in [5.41, 5.74) is 0.521. The molecule has 0 spiro atoms. The fourth-order valence-electron chi connectivity index (χ4n) is 1.17. The number of rotatable bonds is 2. The van der Waals surface area contributed by atoms with Gasteiger partial charge in [-0.25, -0.2) is 9.18 Å². The Morgan fingerprint density at radius 2 is 2.00 bits per heavy atom. The van der Waals surface area contributed by atoms with Crippen LogP contribution in [0.15, 0.2) is 12.1 Å². The second kappa shape index (κ2) is 4.09. The van der Waals surface area contributed by atoms with Crippen LogP contribution in [0.2, 0.25) is 0 Å². The van der Waals surface area contributed by atoms with Crippen LogP contribution >= 0.6 is 0 Å². The maximum Gasteiger partial charge on any atom is 0.344 e. The van der Waals surface area contributed by atoms with Crippen molar-refractivity contribution in [3.8, 4) is 5.75 Å². The van der Waals surface area contributed by atoms with E-state index in [1.54, 1.807) is 13.0 Å². The fourth-order valence-corrected chi connectivity index (χ4v) is 1.17. The van der Waals surface area contributed by atoms with Gasteiger partial charge < -0.3 is 9.47 Å². The first-order valence-electron chi connectivity index (χ1n) is 4.02. The molecule has 0 amide bonds. The van der Waals surface area contributed by atoms with E-state index in [1.165, 1.54) is 20.3 Å². The summed E-state index contributed by atoms with van der Waals surface area (Å²) in [5.74, 6) is -1.18. The number of aryl methyl sites for hydroxylation is 1. The van der Waals surface area contributed by atoms with Gasteiger partial charge in [0.2, 0.25) is 0 Å². The lowest BCUT2D eigenvalue weighted by molar-refractivity contribution is 0.0591. The lowest BCUT2D eigenvalue weighted by Gasteiger charge is -2.08. The van der Waals surface area contributed by atoms with Crippen molar-refractivity contribution in [1.82, 2.24) is 0 Å². The molecule has 0 aliphatic heterocycles. The molecular formula is C10H11FO3. The SMILES string of the molecule is COC(=O)c1c(F)cc(C)cc1OC. The minimum absolute atomic E-state index is 0.166. The molecule has 0 aliphatic carbocycles. The molecule has 0 bridgehead atoms. The summed E-state index contributed by atoms with van der Waals surface area (Å²) in [6.45, 7) is 1.71. The van der Waals surface area contributed by atoms with Crippen molar-refractivity contribution in [2.45, 2.75) is 6.92 Å². The van der Waals surface area contributed by atoms with E-state index in [-0.39, 0.29) is 11.3 Å². The van der Waals surface area contributed by atoms with E-state index in [1.807, 2.05) is 0 Å². The van der Waals surface area contributed by atoms with Crippen molar-refractivity contribution in [1.29, 1.82) is 0 Å². The van der Waals surface area contributed by atoms with Gasteiger partial charge in [0.1, 0.15) is 17.1 Å².